The molecule has 27 heavy (non-hydrogen) atoms. The van der Waals surface area contributed by atoms with Gasteiger partial charge >= 0.3 is 0 Å². The van der Waals surface area contributed by atoms with Gasteiger partial charge in [0.2, 0.25) is 11.8 Å². The zero-order valence-electron chi connectivity index (χ0n) is 15.6. The van der Waals surface area contributed by atoms with Crippen molar-refractivity contribution >= 4 is 35.2 Å². The van der Waals surface area contributed by atoms with E-state index in [1.54, 1.807) is 29.0 Å². The van der Waals surface area contributed by atoms with Gasteiger partial charge in [-0.25, -0.2) is 0 Å². The number of likely N-dealkylation sites (N-methyl/N-ethyl adjacent to an activating group) is 1. The number of hydrogen-bond acceptors (Lipinski definition) is 2. The minimum atomic E-state index is -0.0822. The van der Waals surface area contributed by atoms with Crippen molar-refractivity contribution in [2.45, 2.75) is 25.8 Å². The summed E-state index contributed by atoms with van der Waals surface area (Å²) in [4.78, 5) is 27.8. The van der Waals surface area contributed by atoms with E-state index in [2.05, 4.69) is 0 Å². The highest BCUT2D eigenvalue weighted by Crippen LogP contribution is 2.23. The van der Waals surface area contributed by atoms with E-state index in [0.29, 0.717) is 11.4 Å². The molecule has 0 spiro atoms. The molecule has 0 aliphatic carbocycles. The Bertz CT molecular complexity index is 861. The first-order valence-electron chi connectivity index (χ1n) is 9.06. The Morgan fingerprint density at radius 3 is 2.59 bits per heavy atom. The second-order valence-corrected chi connectivity index (χ2v) is 7.19. The van der Waals surface area contributed by atoms with Gasteiger partial charge in [0.25, 0.3) is 0 Å². The average molecular weight is 383 g/mol. The minimum Gasteiger partial charge on any atom is -0.335 e. The van der Waals surface area contributed by atoms with Crippen molar-refractivity contribution in [1.82, 2.24) is 4.90 Å². The molecule has 1 aliphatic heterocycles. The lowest BCUT2D eigenvalue weighted by Gasteiger charge is -2.24. The van der Waals surface area contributed by atoms with Gasteiger partial charge in [0.05, 0.1) is 6.04 Å². The second kappa shape index (κ2) is 8.40. The van der Waals surface area contributed by atoms with Crippen molar-refractivity contribution in [2.24, 2.45) is 0 Å². The van der Waals surface area contributed by atoms with Crippen LogP contribution in [0.2, 0.25) is 5.02 Å². The van der Waals surface area contributed by atoms with Crippen LogP contribution >= 0.6 is 11.6 Å². The van der Waals surface area contributed by atoms with Crippen LogP contribution in [-0.2, 0) is 9.59 Å². The number of halogens is 1. The SMILES string of the molecule is CC(c1cccc(Cl)c1)N(C)C(=O)/C=C/c1ccc(N2CCCC2=O)cc1. The normalized spacial score (nSPS) is 15.4. The monoisotopic (exact) mass is 382 g/mol. The lowest BCUT2D eigenvalue weighted by atomic mass is 10.1. The molecular formula is C22H23ClN2O2. The zero-order valence-corrected chi connectivity index (χ0v) is 16.3. The maximum Gasteiger partial charge on any atom is 0.246 e. The summed E-state index contributed by atoms with van der Waals surface area (Å²) in [6, 6.07) is 15.1. The van der Waals surface area contributed by atoms with Crippen molar-refractivity contribution in [3.05, 3.63) is 70.8 Å². The maximum atomic E-state index is 12.5. The van der Waals surface area contributed by atoms with Crippen LogP contribution in [0.4, 0.5) is 5.69 Å². The van der Waals surface area contributed by atoms with Crippen LogP contribution in [0.3, 0.4) is 0 Å². The largest absolute Gasteiger partial charge is 0.335 e. The predicted molar refractivity (Wildman–Crippen MR) is 110 cm³/mol. The zero-order chi connectivity index (χ0) is 19.4. The number of anilines is 1. The number of benzene rings is 2. The first kappa shape index (κ1) is 19.2. The third kappa shape index (κ3) is 4.58. The quantitative estimate of drug-likeness (QED) is 0.703. The minimum absolute atomic E-state index is 0.0793. The summed E-state index contributed by atoms with van der Waals surface area (Å²) in [6.07, 6.45) is 4.88. The molecule has 2 aromatic carbocycles. The van der Waals surface area contributed by atoms with Crippen molar-refractivity contribution in [2.75, 3.05) is 18.5 Å². The fourth-order valence-corrected chi connectivity index (χ4v) is 3.35. The van der Waals surface area contributed by atoms with Gasteiger partial charge in [-0.2, -0.15) is 0 Å². The van der Waals surface area contributed by atoms with Crippen LogP contribution in [0.15, 0.2) is 54.6 Å². The van der Waals surface area contributed by atoms with E-state index >= 15 is 0 Å². The van der Waals surface area contributed by atoms with Crippen LogP contribution in [0.1, 0.15) is 36.9 Å². The molecule has 3 rings (SSSR count). The lowest BCUT2D eigenvalue weighted by Crippen LogP contribution is -2.27. The highest BCUT2D eigenvalue weighted by molar-refractivity contribution is 6.30. The molecule has 2 amide bonds. The third-order valence-corrected chi connectivity index (χ3v) is 5.19. The van der Waals surface area contributed by atoms with E-state index < -0.39 is 0 Å². The number of nitrogens with zero attached hydrogens (tertiary/aromatic N) is 2. The van der Waals surface area contributed by atoms with Crippen LogP contribution in [0, 0.1) is 0 Å². The highest BCUT2D eigenvalue weighted by Gasteiger charge is 2.21. The van der Waals surface area contributed by atoms with E-state index in [0.717, 1.165) is 29.8 Å². The Labute approximate surface area is 165 Å². The van der Waals surface area contributed by atoms with E-state index in [9.17, 15) is 9.59 Å². The first-order valence-corrected chi connectivity index (χ1v) is 9.44. The summed E-state index contributed by atoms with van der Waals surface area (Å²) in [6.45, 7) is 2.75. The van der Waals surface area contributed by atoms with E-state index in [1.165, 1.54) is 0 Å². The summed E-state index contributed by atoms with van der Waals surface area (Å²) in [5.74, 6) is 0.0892. The molecule has 1 heterocycles. The van der Waals surface area contributed by atoms with E-state index in [4.69, 9.17) is 11.6 Å². The molecule has 140 valence electrons. The first-order chi connectivity index (χ1) is 13.0. The van der Waals surface area contributed by atoms with Gasteiger partial charge in [-0.3, -0.25) is 9.59 Å². The van der Waals surface area contributed by atoms with Gasteiger partial charge in [0.1, 0.15) is 0 Å². The fourth-order valence-electron chi connectivity index (χ4n) is 3.15. The predicted octanol–water partition coefficient (Wildman–Crippen LogP) is 4.70. The number of rotatable bonds is 5. The molecule has 4 nitrogen and oxygen atoms in total. The standard InChI is InChI=1S/C22H23ClN2O2/c1-16(18-5-3-6-19(23)15-18)24(2)21(26)13-10-17-8-11-20(12-9-17)25-14-4-7-22(25)27/h3,5-6,8-13,15-16H,4,7,14H2,1-2H3/b13-10+. The van der Waals surface area contributed by atoms with E-state index in [1.807, 2.05) is 55.5 Å². The fraction of sp³-hybridized carbons (Fsp3) is 0.273. The van der Waals surface area contributed by atoms with E-state index in [-0.39, 0.29) is 17.9 Å². The molecule has 0 saturated carbocycles. The molecular weight excluding hydrogens is 360 g/mol. The van der Waals surface area contributed by atoms with Gasteiger partial charge < -0.3 is 9.80 Å². The molecule has 1 aliphatic rings. The molecule has 1 atom stereocenters. The summed E-state index contributed by atoms with van der Waals surface area (Å²) < 4.78 is 0. The summed E-state index contributed by atoms with van der Waals surface area (Å²) in [5, 5.41) is 0.660. The Balaban J connectivity index is 1.64. The molecule has 0 aromatic heterocycles. The van der Waals surface area contributed by atoms with Crippen molar-refractivity contribution < 1.29 is 9.59 Å². The molecule has 1 fully saturated rings. The Morgan fingerprint density at radius 1 is 1.22 bits per heavy atom. The number of carbonyl (C=O) groups is 2. The Hall–Kier alpha value is -2.59. The third-order valence-electron chi connectivity index (χ3n) is 4.96. The molecule has 0 radical (unpaired) electrons. The number of amides is 2. The molecule has 1 saturated heterocycles. The summed E-state index contributed by atoms with van der Waals surface area (Å²) in [5.41, 5.74) is 2.82. The molecule has 0 N–H and O–H groups in total. The Kier molecular flexibility index (Phi) is 5.97. The summed E-state index contributed by atoms with van der Waals surface area (Å²) >= 11 is 6.04. The average Bonchev–Trinajstić information content (AvgIpc) is 3.11. The van der Waals surface area contributed by atoms with Gasteiger partial charge in [0.15, 0.2) is 0 Å². The van der Waals surface area contributed by atoms with Gasteiger partial charge in [-0.1, -0.05) is 35.9 Å². The van der Waals surface area contributed by atoms with Crippen molar-refractivity contribution in [3.8, 4) is 0 Å². The van der Waals surface area contributed by atoms with Gasteiger partial charge in [-0.05, 0) is 54.8 Å². The smallest absolute Gasteiger partial charge is 0.246 e. The molecule has 2 aromatic rings. The van der Waals surface area contributed by atoms with Crippen molar-refractivity contribution in [1.29, 1.82) is 0 Å². The Morgan fingerprint density at radius 2 is 1.96 bits per heavy atom. The van der Waals surface area contributed by atoms with Crippen LogP contribution in [0.25, 0.3) is 6.08 Å². The number of hydrogen-bond donors (Lipinski definition) is 0. The molecule has 0 bridgehead atoms. The second-order valence-electron chi connectivity index (χ2n) is 6.75. The topological polar surface area (TPSA) is 40.6 Å². The van der Waals surface area contributed by atoms with Gasteiger partial charge in [-0.15, -0.1) is 0 Å². The van der Waals surface area contributed by atoms with Crippen LogP contribution in [-0.4, -0.2) is 30.3 Å². The lowest BCUT2D eigenvalue weighted by molar-refractivity contribution is -0.126. The van der Waals surface area contributed by atoms with Crippen LogP contribution < -0.4 is 4.90 Å². The van der Waals surface area contributed by atoms with Crippen molar-refractivity contribution in [3.63, 3.8) is 0 Å². The molecule has 1 unspecified atom stereocenters. The summed E-state index contributed by atoms with van der Waals surface area (Å²) in [7, 11) is 1.78. The number of carbonyl (C=O) groups excluding carboxylic acids is 2. The van der Waals surface area contributed by atoms with Gasteiger partial charge in [0, 0.05) is 36.8 Å². The maximum absolute atomic E-state index is 12.5. The van der Waals surface area contributed by atoms with Crippen LogP contribution in [0.5, 0.6) is 0 Å². The highest BCUT2D eigenvalue weighted by atomic mass is 35.5. The molecule has 5 heteroatoms.